The Kier molecular flexibility index (Phi) is 14.6. The zero-order chi connectivity index (χ0) is 4.12. The molecule has 0 saturated heterocycles. The summed E-state index contributed by atoms with van der Waals surface area (Å²) in [5, 5.41) is 15.5. The van der Waals surface area contributed by atoms with Crippen molar-refractivity contribution in [2.75, 3.05) is 6.61 Å². The summed E-state index contributed by atoms with van der Waals surface area (Å²) in [6.07, 6.45) is 0.250. The summed E-state index contributed by atoms with van der Waals surface area (Å²) >= 11 is 0. The first-order valence-corrected chi connectivity index (χ1v) is 1.39. The molecule has 0 spiro atoms. The maximum Gasteiger partial charge on any atom is 1.00 e. The standard InChI is InChI=1S/C3H5NO.Na.H/c4-2-1-3-5;;/h5H,1,3H2;;/q;+1;-1. The molecule has 30 valence electrons. The van der Waals surface area contributed by atoms with Gasteiger partial charge in [-0.2, -0.15) is 5.26 Å². The molecule has 0 fully saturated rings. The minimum atomic E-state index is -0.0174. The van der Waals surface area contributed by atoms with E-state index in [0.29, 0.717) is 0 Å². The van der Waals surface area contributed by atoms with Gasteiger partial charge in [0.25, 0.3) is 0 Å². The number of hydrogen-bond donors (Lipinski definition) is 1. The molecule has 0 aromatic rings. The molecule has 0 rings (SSSR count). The summed E-state index contributed by atoms with van der Waals surface area (Å²) < 4.78 is 0. The average molecular weight is 95.1 g/mol. The molecule has 3 heteroatoms. The van der Waals surface area contributed by atoms with Gasteiger partial charge >= 0.3 is 29.6 Å². The third-order valence-corrected chi connectivity index (χ3v) is 0.224. The van der Waals surface area contributed by atoms with E-state index in [1.54, 1.807) is 6.07 Å². The van der Waals surface area contributed by atoms with E-state index in [9.17, 15) is 0 Å². The first-order chi connectivity index (χ1) is 2.41. The fourth-order valence-corrected chi connectivity index (χ4v) is 0.0500. The second kappa shape index (κ2) is 9.07. The molecular formula is C3H6NNaO. The van der Waals surface area contributed by atoms with Gasteiger partial charge in [0, 0.05) is 0 Å². The molecule has 0 saturated carbocycles. The molecule has 0 radical (unpaired) electrons. The van der Waals surface area contributed by atoms with Crippen LogP contribution in [0.4, 0.5) is 0 Å². The van der Waals surface area contributed by atoms with Gasteiger partial charge in [-0.25, -0.2) is 0 Å². The normalized spacial score (nSPS) is 5.33. The molecule has 0 heterocycles. The number of aliphatic hydroxyl groups is 1. The largest absolute Gasteiger partial charge is 1.00 e. The first kappa shape index (κ1) is 9.67. The Hall–Kier alpha value is 0.450. The number of nitrogens with zero attached hydrogens (tertiary/aromatic N) is 1. The van der Waals surface area contributed by atoms with Gasteiger partial charge in [-0.3, -0.25) is 0 Å². The Morgan fingerprint density at radius 2 is 2.33 bits per heavy atom. The van der Waals surface area contributed by atoms with E-state index in [1.807, 2.05) is 0 Å². The Labute approximate surface area is 60.6 Å². The van der Waals surface area contributed by atoms with Crippen LogP contribution in [0.5, 0.6) is 0 Å². The van der Waals surface area contributed by atoms with Crippen LogP contribution in [-0.2, 0) is 0 Å². The Bertz CT molecular complexity index is 53.4. The van der Waals surface area contributed by atoms with Gasteiger partial charge < -0.3 is 6.53 Å². The van der Waals surface area contributed by atoms with Gasteiger partial charge in [0.1, 0.15) is 0 Å². The molecule has 0 aromatic carbocycles. The van der Waals surface area contributed by atoms with Crippen LogP contribution in [0.1, 0.15) is 7.85 Å². The van der Waals surface area contributed by atoms with Gasteiger partial charge in [0.05, 0.1) is 19.1 Å². The number of nitriles is 1. The summed E-state index contributed by atoms with van der Waals surface area (Å²) in [6.45, 7) is -0.0174. The summed E-state index contributed by atoms with van der Waals surface area (Å²) in [4.78, 5) is 0. The van der Waals surface area contributed by atoms with Crippen LogP contribution in [-0.4, -0.2) is 11.7 Å². The third kappa shape index (κ3) is 8.82. The van der Waals surface area contributed by atoms with Gasteiger partial charge in [-0.15, -0.1) is 0 Å². The SMILES string of the molecule is N#CCCO.[H-].[Na+]. The van der Waals surface area contributed by atoms with Gasteiger partial charge in [-0.1, -0.05) is 0 Å². The second-order valence-electron chi connectivity index (χ2n) is 0.632. The van der Waals surface area contributed by atoms with Crippen molar-refractivity contribution in [3.63, 3.8) is 0 Å². The first-order valence-electron chi connectivity index (χ1n) is 1.39. The quantitative estimate of drug-likeness (QED) is 0.353. The summed E-state index contributed by atoms with van der Waals surface area (Å²) in [5.41, 5.74) is 0. The smallest absolute Gasteiger partial charge is 1.00 e. The van der Waals surface area contributed by atoms with Crippen molar-refractivity contribution in [3.05, 3.63) is 0 Å². The molecule has 0 aliphatic carbocycles. The molecule has 0 amide bonds. The van der Waals surface area contributed by atoms with Gasteiger partial charge in [0.2, 0.25) is 0 Å². The molecule has 0 atom stereocenters. The molecule has 0 aromatic heterocycles. The van der Waals surface area contributed by atoms with E-state index in [2.05, 4.69) is 0 Å². The number of rotatable bonds is 1. The summed E-state index contributed by atoms with van der Waals surface area (Å²) in [6, 6.07) is 1.77. The van der Waals surface area contributed by atoms with Crippen molar-refractivity contribution in [2.24, 2.45) is 0 Å². The van der Waals surface area contributed by atoms with Crippen LogP contribution < -0.4 is 29.6 Å². The Morgan fingerprint density at radius 3 is 2.33 bits per heavy atom. The molecule has 2 nitrogen and oxygen atoms in total. The molecule has 0 aliphatic heterocycles. The fraction of sp³-hybridized carbons (Fsp3) is 0.667. The molecule has 0 unspecified atom stereocenters. The van der Waals surface area contributed by atoms with Crippen LogP contribution in [0.15, 0.2) is 0 Å². The van der Waals surface area contributed by atoms with Gasteiger partial charge in [-0.05, 0) is 0 Å². The van der Waals surface area contributed by atoms with E-state index < -0.39 is 0 Å². The Balaban J connectivity index is -0.0000000800. The topological polar surface area (TPSA) is 44.0 Å². The van der Waals surface area contributed by atoms with Gasteiger partial charge in [0.15, 0.2) is 0 Å². The van der Waals surface area contributed by atoms with Crippen LogP contribution in [0.2, 0.25) is 0 Å². The van der Waals surface area contributed by atoms with Crippen LogP contribution in [0.3, 0.4) is 0 Å². The van der Waals surface area contributed by atoms with Crippen molar-refractivity contribution in [1.82, 2.24) is 0 Å². The van der Waals surface area contributed by atoms with Crippen molar-refractivity contribution in [3.8, 4) is 6.07 Å². The van der Waals surface area contributed by atoms with E-state index >= 15 is 0 Å². The van der Waals surface area contributed by atoms with E-state index in [1.165, 1.54) is 0 Å². The summed E-state index contributed by atoms with van der Waals surface area (Å²) in [7, 11) is 0. The average Bonchev–Trinajstić information content (AvgIpc) is 1.41. The van der Waals surface area contributed by atoms with Crippen molar-refractivity contribution in [1.29, 1.82) is 5.26 Å². The maximum absolute atomic E-state index is 7.84. The van der Waals surface area contributed by atoms with Crippen LogP contribution in [0.25, 0.3) is 0 Å². The molecule has 0 bridgehead atoms. The second-order valence-corrected chi connectivity index (χ2v) is 0.632. The minimum Gasteiger partial charge on any atom is -1.00 e. The van der Waals surface area contributed by atoms with E-state index in [-0.39, 0.29) is 44.0 Å². The molecule has 0 aliphatic rings. The summed E-state index contributed by atoms with van der Waals surface area (Å²) in [5.74, 6) is 0. The van der Waals surface area contributed by atoms with Crippen LogP contribution in [0, 0.1) is 11.3 Å². The molecular weight excluding hydrogens is 89.0 g/mol. The van der Waals surface area contributed by atoms with Crippen LogP contribution >= 0.6 is 0 Å². The zero-order valence-corrected chi connectivity index (χ0v) is 5.81. The van der Waals surface area contributed by atoms with Crippen molar-refractivity contribution >= 4 is 0 Å². The van der Waals surface area contributed by atoms with E-state index in [0.717, 1.165) is 0 Å². The molecule has 6 heavy (non-hydrogen) atoms. The third-order valence-electron chi connectivity index (χ3n) is 0.224. The monoisotopic (exact) mass is 95.0 g/mol. The van der Waals surface area contributed by atoms with Crippen molar-refractivity contribution in [2.45, 2.75) is 6.42 Å². The number of hydrogen-bond acceptors (Lipinski definition) is 2. The maximum atomic E-state index is 7.84. The molecule has 1 N–H and O–H groups in total. The Morgan fingerprint density at radius 1 is 1.83 bits per heavy atom. The predicted molar refractivity (Wildman–Crippen MR) is 18.4 cm³/mol. The predicted octanol–water partition coefficient (Wildman–Crippen LogP) is -2.99. The van der Waals surface area contributed by atoms with E-state index in [4.69, 9.17) is 10.4 Å². The number of aliphatic hydroxyl groups excluding tert-OH is 1. The minimum absolute atomic E-state index is 0. The van der Waals surface area contributed by atoms with Crippen molar-refractivity contribution < 1.29 is 36.1 Å². The fourth-order valence-electron chi connectivity index (χ4n) is 0.0500. The zero-order valence-electron chi connectivity index (χ0n) is 4.81.